The summed E-state index contributed by atoms with van der Waals surface area (Å²) in [6.07, 6.45) is 0. The lowest BCUT2D eigenvalue weighted by molar-refractivity contribution is -0.118. The van der Waals surface area contributed by atoms with E-state index in [0.29, 0.717) is 0 Å². The number of hydrogen-bond acceptors (Lipinski definition) is 6. The first kappa shape index (κ1) is 19.5. The van der Waals surface area contributed by atoms with Crippen molar-refractivity contribution >= 4 is 24.9 Å². The summed E-state index contributed by atoms with van der Waals surface area (Å²) in [7, 11) is -4.11. The molecule has 136 valence electrons. The molecular formula is C17H22NO6P. The average Bonchev–Trinajstić information content (AvgIpc) is 2.81. The van der Waals surface area contributed by atoms with E-state index >= 15 is 0 Å². The van der Waals surface area contributed by atoms with Crippen molar-refractivity contribution in [1.29, 1.82) is 0 Å². The highest BCUT2D eigenvalue weighted by molar-refractivity contribution is 7.72. The largest absolute Gasteiger partial charge is 0.398 e. The molecule has 0 N–H and O–H groups in total. The molecule has 0 saturated carbocycles. The molecule has 8 heteroatoms. The molecule has 1 atom stereocenters. The van der Waals surface area contributed by atoms with Crippen molar-refractivity contribution in [2.24, 2.45) is 5.92 Å². The third-order valence-electron chi connectivity index (χ3n) is 3.86. The van der Waals surface area contributed by atoms with Gasteiger partial charge in [0.25, 0.3) is 17.3 Å². The number of nitrogens with zero attached hydrogens (tertiary/aromatic N) is 1. The Hall–Kier alpha value is -1.82. The van der Waals surface area contributed by atoms with Crippen LogP contribution in [0.15, 0.2) is 24.3 Å². The number of amides is 2. The molecule has 2 rings (SSSR count). The van der Waals surface area contributed by atoms with Gasteiger partial charge in [-0.2, -0.15) is 0 Å². The zero-order valence-electron chi connectivity index (χ0n) is 14.7. The van der Waals surface area contributed by atoms with Gasteiger partial charge in [-0.3, -0.25) is 23.8 Å². The van der Waals surface area contributed by atoms with Crippen molar-refractivity contribution in [2.75, 3.05) is 13.2 Å². The van der Waals surface area contributed by atoms with Crippen LogP contribution in [-0.2, 0) is 18.4 Å². The summed E-state index contributed by atoms with van der Waals surface area (Å²) in [5, 5.41) is 0. The first-order valence-electron chi connectivity index (χ1n) is 8.18. The van der Waals surface area contributed by atoms with Crippen molar-refractivity contribution in [3.63, 3.8) is 0 Å². The minimum Gasteiger partial charge on any atom is -0.303 e. The zero-order valence-corrected chi connectivity index (χ0v) is 15.6. The van der Waals surface area contributed by atoms with Gasteiger partial charge in [0.2, 0.25) is 0 Å². The van der Waals surface area contributed by atoms with Gasteiger partial charge in [-0.15, -0.1) is 0 Å². The molecule has 0 spiro atoms. The molecule has 1 aromatic carbocycles. The summed E-state index contributed by atoms with van der Waals surface area (Å²) in [4.78, 5) is 39.2. The van der Waals surface area contributed by atoms with Crippen molar-refractivity contribution in [1.82, 2.24) is 4.90 Å². The normalized spacial score (nSPS) is 15.6. The minimum absolute atomic E-state index is 0.00987. The minimum atomic E-state index is -4.11. The molecule has 0 bridgehead atoms. The maximum absolute atomic E-state index is 13.0. The van der Waals surface area contributed by atoms with E-state index in [0.717, 1.165) is 4.90 Å². The Morgan fingerprint density at radius 2 is 1.48 bits per heavy atom. The van der Waals surface area contributed by atoms with Gasteiger partial charge < -0.3 is 9.05 Å². The summed E-state index contributed by atoms with van der Waals surface area (Å²) in [5.74, 6) is -1.61. The predicted octanol–water partition coefficient (Wildman–Crippen LogP) is 3.10. The highest BCUT2D eigenvalue weighted by atomic mass is 31.2. The highest BCUT2D eigenvalue weighted by Crippen LogP contribution is 2.51. The van der Waals surface area contributed by atoms with Crippen LogP contribution in [0.3, 0.4) is 0 Å². The number of rotatable bonds is 8. The topological polar surface area (TPSA) is 90.0 Å². The molecule has 1 heterocycles. The second-order valence-electron chi connectivity index (χ2n) is 5.89. The Morgan fingerprint density at radius 1 is 1.04 bits per heavy atom. The molecular weight excluding hydrogens is 345 g/mol. The molecule has 0 fully saturated rings. The second kappa shape index (κ2) is 7.60. The first-order chi connectivity index (χ1) is 11.8. The summed E-state index contributed by atoms with van der Waals surface area (Å²) >= 11 is 0. The number of benzene rings is 1. The number of imide groups is 1. The molecule has 25 heavy (non-hydrogen) atoms. The van der Waals surface area contributed by atoms with E-state index < -0.39 is 36.9 Å². The van der Waals surface area contributed by atoms with Crippen LogP contribution in [0.4, 0.5) is 0 Å². The molecule has 1 aliphatic rings. The summed E-state index contributed by atoms with van der Waals surface area (Å²) in [5.41, 5.74) is -0.414. The second-order valence-corrected chi connectivity index (χ2v) is 7.84. The van der Waals surface area contributed by atoms with E-state index in [9.17, 15) is 18.9 Å². The van der Waals surface area contributed by atoms with Crippen LogP contribution in [0.25, 0.3) is 0 Å². The van der Waals surface area contributed by atoms with Crippen molar-refractivity contribution in [2.45, 2.75) is 33.7 Å². The van der Waals surface area contributed by atoms with Gasteiger partial charge in [0.15, 0.2) is 0 Å². The lowest BCUT2D eigenvalue weighted by Crippen LogP contribution is -2.48. The predicted molar refractivity (Wildman–Crippen MR) is 91.4 cm³/mol. The van der Waals surface area contributed by atoms with Crippen molar-refractivity contribution in [3.05, 3.63) is 35.4 Å². The third kappa shape index (κ3) is 3.45. The highest BCUT2D eigenvalue weighted by Gasteiger charge is 2.50. The van der Waals surface area contributed by atoms with Crippen LogP contribution in [-0.4, -0.2) is 41.5 Å². The smallest absolute Gasteiger partial charge is 0.303 e. The summed E-state index contributed by atoms with van der Waals surface area (Å²) in [6.45, 7) is 6.55. The van der Waals surface area contributed by atoms with E-state index in [1.54, 1.807) is 39.8 Å². The Kier molecular flexibility index (Phi) is 5.93. The number of fused-ring (bicyclic) bond motifs is 1. The number of carbonyl (C=O) groups is 3. The van der Waals surface area contributed by atoms with Gasteiger partial charge >= 0.3 is 7.60 Å². The maximum Gasteiger partial charge on any atom is 0.398 e. The zero-order chi connectivity index (χ0) is 18.8. The lowest BCUT2D eigenvalue weighted by Gasteiger charge is -2.30. The fraction of sp³-hybridized carbons (Fsp3) is 0.471. The molecule has 0 saturated heterocycles. The van der Waals surface area contributed by atoms with E-state index in [2.05, 4.69) is 0 Å². The van der Waals surface area contributed by atoms with Gasteiger partial charge in [-0.1, -0.05) is 26.0 Å². The number of hydrogen-bond donors (Lipinski definition) is 0. The summed E-state index contributed by atoms with van der Waals surface area (Å²) < 4.78 is 23.1. The Balaban J connectivity index is 2.46. The van der Waals surface area contributed by atoms with Crippen LogP contribution >= 0.6 is 7.60 Å². The molecule has 7 nitrogen and oxygen atoms in total. The summed E-state index contributed by atoms with van der Waals surface area (Å²) in [6, 6.07) is 5.12. The van der Waals surface area contributed by atoms with Gasteiger partial charge in [0.1, 0.15) is 6.04 Å². The van der Waals surface area contributed by atoms with E-state index in [1.807, 2.05) is 0 Å². The standard InChI is InChI=1S/C17H22NO6P/c1-5-23-25(22,24-6-2)17(21)14(11(3)4)18-15(19)12-9-7-8-10-13(12)16(18)20/h7-11,14H,5-6H2,1-4H3/t14-/m0/s1. The average molecular weight is 367 g/mol. The molecule has 2 amide bonds. The van der Waals surface area contributed by atoms with E-state index in [-0.39, 0.29) is 24.3 Å². The van der Waals surface area contributed by atoms with Crippen molar-refractivity contribution in [3.8, 4) is 0 Å². The van der Waals surface area contributed by atoms with Crippen molar-refractivity contribution < 1.29 is 28.0 Å². The van der Waals surface area contributed by atoms with Crippen LogP contribution in [0.2, 0.25) is 0 Å². The monoisotopic (exact) mass is 367 g/mol. The first-order valence-corrected chi connectivity index (χ1v) is 9.73. The van der Waals surface area contributed by atoms with Gasteiger partial charge in [0, 0.05) is 0 Å². The van der Waals surface area contributed by atoms with Gasteiger partial charge in [-0.25, -0.2) is 0 Å². The van der Waals surface area contributed by atoms with Crippen LogP contribution in [0.1, 0.15) is 48.4 Å². The Bertz CT molecular complexity index is 699. The van der Waals surface area contributed by atoms with Crippen LogP contribution < -0.4 is 0 Å². The molecule has 0 aliphatic carbocycles. The number of carbonyl (C=O) groups excluding carboxylic acids is 3. The third-order valence-corrected chi connectivity index (χ3v) is 5.86. The SMILES string of the molecule is CCOP(=O)(OCC)C(=O)[C@H](C(C)C)N1C(=O)c2ccccc2C1=O. The van der Waals surface area contributed by atoms with E-state index in [4.69, 9.17) is 9.05 Å². The fourth-order valence-corrected chi connectivity index (χ4v) is 4.57. The quantitative estimate of drug-likeness (QED) is 0.518. The lowest BCUT2D eigenvalue weighted by atomic mass is 10.0. The van der Waals surface area contributed by atoms with Crippen LogP contribution in [0, 0.1) is 5.92 Å². The molecule has 0 unspecified atom stereocenters. The van der Waals surface area contributed by atoms with Gasteiger partial charge in [0.05, 0.1) is 24.3 Å². The van der Waals surface area contributed by atoms with Gasteiger partial charge in [-0.05, 0) is 31.9 Å². The molecule has 0 aromatic heterocycles. The molecule has 0 radical (unpaired) electrons. The van der Waals surface area contributed by atoms with Crippen LogP contribution in [0.5, 0.6) is 0 Å². The Morgan fingerprint density at radius 3 is 1.84 bits per heavy atom. The Labute approximate surface area is 146 Å². The van der Waals surface area contributed by atoms with E-state index in [1.165, 1.54) is 12.1 Å². The fourth-order valence-electron chi connectivity index (χ4n) is 2.82. The molecule has 1 aromatic rings. The maximum atomic E-state index is 13.0. The molecule has 1 aliphatic heterocycles.